The van der Waals surface area contributed by atoms with E-state index in [2.05, 4.69) is 26.8 Å². The zero-order chi connectivity index (χ0) is 11.7. The van der Waals surface area contributed by atoms with Crippen molar-refractivity contribution in [1.29, 1.82) is 0 Å². The van der Waals surface area contributed by atoms with Crippen LogP contribution in [-0.4, -0.2) is 40.6 Å². The largest absolute Gasteiger partial charge is 0.330 e. The maximum atomic E-state index is 4.26. The van der Waals surface area contributed by atoms with E-state index in [0.717, 1.165) is 25.2 Å². The number of hydrogen-bond acceptors (Lipinski definition) is 3. The summed E-state index contributed by atoms with van der Waals surface area (Å²) in [6.45, 7) is 3.32. The van der Waals surface area contributed by atoms with Gasteiger partial charge in [0, 0.05) is 31.4 Å². The molecule has 1 aromatic heterocycles. The first kappa shape index (κ1) is 11.2. The van der Waals surface area contributed by atoms with E-state index in [0.29, 0.717) is 0 Å². The molecule has 2 heterocycles. The predicted octanol–water partition coefficient (Wildman–Crippen LogP) is 1.40. The van der Waals surface area contributed by atoms with Gasteiger partial charge in [0.15, 0.2) is 0 Å². The van der Waals surface area contributed by atoms with Crippen LogP contribution in [0.15, 0.2) is 12.5 Å². The van der Waals surface area contributed by atoms with Crippen LogP contribution in [0.1, 0.15) is 37.4 Å². The van der Waals surface area contributed by atoms with Crippen LogP contribution in [0.2, 0.25) is 0 Å². The zero-order valence-corrected chi connectivity index (χ0v) is 10.6. The fourth-order valence-corrected chi connectivity index (χ4v) is 2.75. The summed E-state index contributed by atoms with van der Waals surface area (Å²) in [7, 11) is 2.23. The lowest BCUT2D eigenvalue weighted by Gasteiger charge is -2.19. The van der Waals surface area contributed by atoms with E-state index in [9.17, 15) is 0 Å². The van der Waals surface area contributed by atoms with Crippen molar-refractivity contribution in [2.45, 2.75) is 44.3 Å². The van der Waals surface area contributed by atoms with Gasteiger partial charge in [-0.3, -0.25) is 0 Å². The zero-order valence-electron chi connectivity index (χ0n) is 10.6. The number of likely N-dealkylation sites (N-methyl/N-ethyl adjacent to an activating group) is 1. The van der Waals surface area contributed by atoms with Crippen LogP contribution in [0.5, 0.6) is 0 Å². The van der Waals surface area contributed by atoms with Crippen molar-refractivity contribution in [3.05, 3.63) is 18.2 Å². The van der Waals surface area contributed by atoms with Crippen molar-refractivity contribution < 1.29 is 0 Å². The van der Waals surface area contributed by atoms with E-state index in [-0.39, 0.29) is 0 Å². The SMILES string of the molecule is CN1CCCC1CNCc1cncn1C1CC1. The minimum absolute atomic E-state index is 0.729. The fraction of sp³-hybridized carbons (Fsp3) is 0.769. The number of nitrogens with one attached hydrogen (secondary N) is 1. The van der Waals surface area contributed by atoms with E-state index in [1.165, 1.54) is 37.9 Å². The second kappa shape index (κ2) is 4.78. The molecule has 3 rings (SSSR count). The Bertz CT molecular complexity index is 369. The van der Waals surface area contributed by atoms with Gasteiger partial charge < -0.3 is 14.8 Å². The first-order chi connectivity index (χ1) is 8.34. The fourth-order valence-electron chi connectivity index (χ4n) is 2.75. The van der Waals surface area contributed by atoms with E-state index < -0.39 is 0 Å². The Hall–Kier alpha value is -0.870. The number of likely N-dealkylation sites (tertiary alicyclic amines) is 1. The third kappa shape index (κ3) is 2.53. The summed E-state index contributed by atoms with van der Waals surface area (Å²) in [5.41, 5.74) is 1.34. The van der Waals surface area contributed by atoms with Crippen molar-refractivity contribution in [2.24, 2.45) is 0 Å². The maximum absolute atomic E-state index is 4.26. The normalized spacial score (nSPS) is 25.6. The molecule has 1 aliphatic carbocycles. The van der Waals surface area contributed by atoms with E-state index in [4.69, 9.17) is 0 Å². The van der Waals surface area contributed by atoms with Crippen LogP contribution in [0.3, 0.4) is 0 Å². The molecule has 0 spiro atoms. The number of aromatic nitrogens is 2. The van der Waals surface area contributed by atoms with Crippen LogP contribution in [0.4, 0.5) is 0 Å². The Labute approximate surface area is 103 Å². The Morgan fingerprint density at radius 3 is 3.00 bits per heavy atom. The van der Waals surface area contributed by atoms with Crippen molar-refractivity contribution >= 4 is 0 Å². The van der Waals surface area contributed by atoms with Gasteiger partial charge >= 0.3 is 0 Å². The molecule has 1 unspecified atom stereocenters. The van der Waals surface area contributed by atoms with Gasteiger partial charge in [-0.2, -0.15) is 0 Å². The van der Waals surface area contributed by atoms with E-state index >= 15 is 0 Å². The van der Waals surface area contributed by atoms with Crippen LogP contribution < -0.4 is 5.32 Å². The van der Waals surface area contributed by atoms with Crippen LogP contribution in [0, 0.1) is 0 Å². The molecule has 17 heavy (non-hydrogen) atoms. The smallest absolute Gasteiger partial charge is 0.0951 e. The molecule has 4 heteroatoms. The first-order valence-corrected chi connectivity index (χ1v) is 6.76. The highest BCUT2D eigenvalue weighted by atomic mass is 15.2. The highest BCUT2D eigenvalue weighted by molar-refractivity contribution is 5.03. The molecule has 1 aromatic rings. The second-order valence-electron chi connectivity index (χ2n) is 5.43. The molecule has 4 nitrogen and oxygen atoms in total. The summed E-state index contributed by atoms with van der Waals surface area (Å²) >= 11 is 0. The molecular formula is C13H22N4. The molecule has 1 saturated heterocycles. The summed E-state index contributed by atoms with van der Waals surface area (Å²) < 4.78 is 2.34. The second-order valence-corrected chi connectivity index (χ2v) is 5.43. The van der Waals surface area contributed by atoms with Gasteiger partial charge in [-0.15, -0.1) is 0 Å². The summed E-state index contributed by atoms with van der Waals surface area (Å²) in [5, 5.41) is 3.58. The van der Waals surface area contributed by atoms with Crippen LogP contribution >= 0.6 is 0 Å². The Kier molecular flexibility index (Phi) is 3.16. The molecule has 1 atom stereocenters. The van der Waals surface area contributed by atoms with E-state index in [1.54, 1.807) is 0 Å². The number of imidazole rings is 1. The molecule has 1 aliphatic heterocycles. The van der Waals surface area contributed by atoms with Crippen LogP contribution in [-0.2, 0) is 6.54 Å². The van der Waals surface area contributed by atoms with Crippen LogP contribution in [0.25, 0.3) is 0 Å². The summed E-state index contributed by atoms with van der Waals surface area (Å²) in [4.78, 5) is 6.72. The number of nitrogens with zero attached hydrogens (tertiary/aromatic N) is 3. The third-order valence-electron chi connectivity index (χ3n) is 4.04. The Morgan fingerprint density at radius 1 is 1.41 bits per heavy atom. The molecule has 1 N–H and O–H groups in total. The maximum Gasteiger partial charge on any atom is 0.0951 e. The van der Waals surface area contributed by atoms with Gasteiger partial charge in [-0.05, 0) is 39.3 Å². The molecule has 0 amide bonds. The van der Waals surface area contributed by atoms with Gasteiger partial charge in [0.25, 0.3) is 0 Å². The molecule has 0 bridgehead atoms. The van der Waals surface area contributed by atoms with Gasteiger partial charge in [-0.25, -0.2) is 4.98 Å². The van der Waals surface area contributed by atoms with Gasteiger partial charge in [0.05, 0.1) is 12.0 Å². The van der Waals surface area contributed by atoms with Crippen molar-refractivity contribution in [1.82, 2.24) is 19.8 Å². The topological polar surface area (TPSA) is 33.1 Å². The molecule has 2 fully saturated rings. The molecule has 0 radical (unpaired) electrons. The average Bonchev–Trinajstić information content (AvgIpc) is 2.93. The standard InChI is InChI=1S/C13H22N4/c1-16-6-2-3-12(16)7-14-8-13-9-15-10-17(13)11-4-5-11/h9-12,14H,2-8H2,1H3. The first-order valence-electron chi connectivity index (χ1n) is 6.76. The molecular weight excluding hydrogens is 212 g/mol. The summed E-state index contributed by atoms with van der Waals surface area (Å²) in [6, 6.07) is 1.47. The molecule has 2 aliphatic rings. The lowest BCUT2D eigenvalue weighted by molar-refractivity contribution is 0.299. The molecule has 94 valence electrons. The average molecular weight is 234 g/mol. The Balaban J connectivity index is 1.48. The predicted molar refractivity (Wildman–Crippen MR) is 67.9 cm³/mol. The summed E-state index contributed by atoms with van der Waals surface area (Å²) in [5.74, 6) is 0. The van der Waals surface area contributed by atoms with Gasteiger partial charge in [0.1, 0.15) is 0 Å². The quantitative estimate of drug-likeness (QED) is 0.836. The molecule has 1 saturated carbocycles. The van der Waals surface area contributed by atoms with E-state index in [1.807, 2.05) is 12.5 Å². The monoisotopic (exact) mass is 234 g/mol. The van der Waals surface area contributed by atoms with Gasteiger partial charge in [0.2, 0.25) is 0 Å². The minimum Gasteiger partial charge on any atom is -0.330 e. The van der Waals surface area contributed by atoms with Crippen molar-refractivity contribution in [2.75, 3.05) is 20.1 Å². The highest BCUT2D eigenvalue weighted by Gasteiger charge is 2.25. The minimum atomic E-state index is 0.729. The Morgan fingerprint density at radius 2 is 2.29 bits per heavy atom. The van der Waals surface area contributed by atoms with Crippen molar-refractivity contribution in [3.8, 4) is 0 Å². The number of hydrogen-bond donors (Lipinski definition) is 1. The third-order valence-corrected chi connectivity index (χ3v) is 4.04. The lowest BCUT2D eigenvalue weighted by atomic mass is 10.2. The molecule has 0 aromatic carbocycles. The van der Waals surface area contributed by atoms with Crippen molar-refractivity contribution in [3.63, 3.8) is 0 Å². The highest BCUT2D eigenvalue weighted by Crippen LogP contribution is 2.35. The van der Waals surface area contributed by atoms with Gasteiger partial charge in [-0.1, -0.05) is 0 Å². The lowest BCUT2D eigenvalue weighted by Crippen LogP contribution is -2.35. The summed E-state index contributed by atoms with van der Waals surface area (Å²) in [6.07, 6.45) is 9.33. The number of rotatable bonds is 5.